The summed E-state index contributed by atoms with van der Waals surface area (Å²) in [6.45, 7) is 7.63. The Hall–Kier alpha value is -0.530. The van der Waals surface area contributed by atoms with E-state index in [0.717, 1.165) is 36.5 Å². The van der Waals surface area contributed by atoms with Crippen LogP contribution in [0.1, 0.15) is 72.1 Å². The van der Waals surface area contributed by atoms with Crippen LogP contribution in [0.3, 0.4) is 0 Å². The fourth-order valence-electron chi connectivity index (χ4n) is 7.61. The molecule has 1 amide bonds. The maximum absolute atomic E-state index is 12.2. The molecule has 1 saturated heterocycles. The minimum absolute atomic E-state index is 0.384. The van der Waals surface area contributed by atoms with Gasteiger partial charge < -0.3 is 4.90 Å². The molecule has 3 aliphatic carbocycles. The van der Waals surface area contributed by atoms with Crippen molar-refractivity contribution in [2.45, 2.75) is 78.2 Å². The van der Waals surface area contributed by atoms with Crippen LogP contribution in [0.5, 0.6) is 0 Å². The zero-order valence-corrected chi connectivity index (χ0v) is 14.9. The molecule has 1 heterocycles. The van der Waals surface area contributed by atoms with Crippen molar-refractivity contribution in [3.63, 3.8) is 0 Å². The van der Waals surface area contributed by atoms with Crippen molar-refractivity contribution in [2.24, 2.45) is 34.5 Å². The molecule has 4 aliphatic rings. The second-order valence-corrected chi connectivity index (χ2v) is 9.61. The number of hydrogen-bond acceptors (Lipinski definition) is 1. The van der Waals surface area contributed by atoms with E-state index in [9.17, 15) is 4.79 Å². The Morgan fingerprint density at radius 2 is 1.77 bits per heavy atom. The number of hydrogen-bond donors (Lipinski definition) is 0. The number of carbonyl (C=O) groups is 1. The van der Waals surface area contributed by atoms with E-state index in [-0.39, 0.29) is 0 Å². The van der Waals surface area contributed by atoms with Gasteiger partial charge >= 0.3 is 0 Å². The molecular formula is C20H33NO. The van der Waals surface area contributed by atoms with Crippen molar-refractivity contribution in [1.82, 2.24) is 4.90 Å². The molecule has 22 heavy (non-hydrogen) atoms. The summed E-state index contributed by atoms with van der Waals surface area (Å²) in [4.78, 5) is 14.3. The number of fused-ring (bicyclic) bond motifs is 5. The molecule has 4 rings (SSSR count). The van der Waals surface area contributed by atoms with Gasteiger partial charge in [0.2, 0.25) is 5.91 Å². The van der Waals surface area contributed by atoms with Gasteiger partial charge in [0.25, 0.3) is 0 Å². The standard InChI is InChI=1S/C20H33NO/c1-13-7-10-19(2)11-8-15-14(18(13)19)5-6-16-20(15,3)12-9-17(22)21(16)4/h13-16,18H,5-12H2,1-4H3/t13-,14+,15-,16+,18-,19-,20+/m0/s1. The third-order valence-corrected chi connectivity index (χ3v) is 8.71. The maximum atomic E-state index is 12.2. The Morgan fingerprint density at radius 3 is 2.55 bits per heavy atom. The van der Waals surface area contributed by atoms with Gasteiger partial charge in [-0.15, -0.1) is 0 Å². The average Bonchev–Trinajstić information content (AvgIpc) is 2.79. The SMILES string of the molecule is C[C@H]1CC[C@@]2(C)CC[C@H]3[C@@H](CC[C@H]4N(C)C(=O)CC[C@]34C)[C@H]12. The molecule has 4 fully saturated rings. The lowest BCUT2D eigenvalue weighted by molar-refractivity contribution is -0.158. The Bertz CT molecular complexity index is 488. The predicted octanol–water partition coefficient (Wildman–Crippen LogP) is 4.49. The Balaban J connectivity index is 1.67. The molecule has 0 spiro atoms. The Labute approximate surface area is 136 Å². The van der Waals surface area contributed by atoms with Gasteiger partial charge in [-0.1, -0.05) is 20.8 Å². The molecule has 0 aromatic heterocycles. The Kier molecular flexibility index (Phi) is 3.24. The number of amides is 1. The van der Waals surface area contributed by atoms with Gasteiger partial charge in [0.15, 0.2) is 0 Å². The van der Waals surface area contributed by atoms with Gasteiger partial charge in [0.05, 0.1) is 0 Å². The molecule has 0 aromatic carbocycles. The summed E-state index contributed by atoms with van der Waals surface area (Å²) >= 11 is 0. The van der Waals surface area contributed by atoms with E-state index >= 15 is 0 Å². The largest absolute Gasteiger partial charge is 0.342 e. The molecule has 0 unspecified atom stereocenters. The lowest BCUT2D eigenvalue weighted by atomic mass is 9.47. The van der Waals surface area contributed by atoms with Crippen LogP contribution < -0.4 is 0 Å². The monoisotopic (exact) mass is 303 g/mol. The molecular weight excluding hydrogens is 270 g/mol. The zero-order valence-electron chi connectivity index (χ0n) is 14.9. The molecule has 0 aromatic rings. The van der Waals surface area contributed by atoms with E-state index < -0.39 is 0 Å². The minimum atomic E-state index is 0.384. The van der Waals surface area contributed by atoms with Gasteiger partial charge in [-0.05, 0) is 79.4 Å². The van der Waals surface area contributed by atoms with E-state index in [1.807, 2.05) is 0 Å². The molecule has 3 saturated carbocycles. The third kappa shape index (κ3) is 1.82. The van der Waals surface area contributed by atoms with Crippen LogP contribution in [0.2, 0.25) is 0 Å². The number of rotatable bonds is 0. The van der Waals surface area contributed by atoms with Crippen LogP contribution in [0.25, 0.3) is 0 Å². The summed E-state index contributed by atoms with van der Waals surface area (Å²) in [7, 11) is 2.07. The lowest BCUT2D eigenvalue weighted by Gasteiger charge is -2.61. The highest BCUT2D eigenvalue weighted by Crippen LogP contribution is 2.65. The van der Waals surface area contributed by atoms with Gasteiger partial charge in [-0.2, -0.15) is 0 Å². The smallest absolute Gasteiger partial charge is 0.222 e. The molecule has 124 valence electrons. The number of likely N-dealkylation sites (tertiary alicyclic amines) is 1. The van der Waals surface area contributed by atoms with Crippen LogP contribution >= 0.6 is 0 Å². The molecule has 2 nitrogen and oxygen atoms in total. The van der Waals surface area contributed by atoms with Crippen molar-refractivity contribution in [1.29, 1.82) is 0 Å². The topological polar surface area (TPSA) is 20.3 Å². The van der Waals surface area contributed by atoms with Gasteiger partial charge in [-0.25, -0.2) is 0 Å². The van der Waals surface area contributed by atoms with Crippen molar-refractivity contribution in [2.75, 3.05) is 7.05 Å². The third-order valence-electron chi connectivity index (χ3n) is 8.71. The van der Waals surface area contributed by atoms with Crippen LogP contribution in [0, 0.1) is 34.5 Å². The first kappa shape index (κ1) is 15.0. The van der Waals surface area contributed by atoms with Crippen molar-refractivity contribution in [3.05, 3.63) is 0 Å². The van der Waals surface area contributed by atoms with E-state index in [1.165, 1.54) is 38.5 Å². The summed E-state index contributed by atoms with van der Waals surface area (Å²) in [6, 6.07) is 0.510. The van der Waals surface area contributed by atoms with E-state index in [4.69, 9.17) is 0 Å². The van der Waals surface area contributed by atoms with Crippen molar-refractivity contribution >= 4 is 5.91 Å². The fourth-order valence-corrected chi connectivity index (χ4v) is 7.61. The summed E-state index contributed by atoms with van der Waals surface area (Å²) < 4.78 is 0. The fraction of sp³-hybridized carbons (Fsp3) is 0.950. The van der Waals surface area contributed by atoms with E-state index in [2.05, 4.69) is 32.7 Å². The normalized spacial score (nSPS) is 54.6. The minimum Gasteiger partial charge on any atom is -0.342 e. The van der Waals surface area contributed by atoms with Gasteiger partial charge in [-0.3, -0.25) is 4.79 Å². The highest BCUT2D eigenvalue weighted by molar-refractivity contribution is 5.77. The summed E-state index contributed by atoms with van der Waals surface area (Å²) in [5.41, 5.74) is 1.01. The van der Waals surface area contributed by atoms with Crippen molar-refractivity contribution in [3.8, 4) is 0 Å². The number of piperidine rings is 1. The molecule has 0 radical (unpaired) electrons. The maximum Gasteiger partial charge on any atom is 0.222 e. The highest BCUT2D eigenvalue weighted by Gasteiger charge is 2.60. The van der Waals surface area contributed by atoms with E-state index in [0.29, 0.717) is 22.8 Å². The number of nitrogens with zero attached hydrogens (tertiary/aromatic N) is 1. The second-order valence-electron chi connectivity index (χ2n) is 9.61. The first-order valence-electron chi connectivity index (χ1n) is 9.62. The van der Waals surface area contributed by atoms with Crippen molar-refractivity contribution < 1.29 is 4.79 Å². The molecule has 1 aliphatic heterocycles. The quantitative estimate of drug-likeness (QED) is 0.646. The average molecular weight is 303 g/mol. The molecule has 2 heteroatoms. The Morgan fingerprint density at radius 1 is 1.05 bits per heavy atom. The predicted molar refractivity (Wildman–Crippen MR) is 89.3 cm³/mol. The number of carbonyl (C=O) groups excluding carboxylic acids is 1. The van der Waals surface area contributed by atoms with Crippen LogP contribution in [-0.2, 0) is 4.79 Å². The first-order chi connectivity index (χ1) is 10.4. The van der Waals surface area contributed by atoms with Gasteiger partial charge in [0.1, 0.15) is 0 Å². The van der Waals surface area contributed by atoms with Crippen LogP contribution in [0.15, 0.2) is 0 Å². The van der Waals surface area contributed by atoms with Crippen LogP contribution in [0.4, 0.5) is 0 Å². The van der Waals surface area contributed by atoms with Crippen LogP contribution in [-0.4, -0.2) is 23.9 Å². The second kappa shape index (κ2) is 4.74. The lowest BCUT2D eigenvalue weighted by Crippen LogP contribution is -2.61. The van der Waals surface area contributed by atoms with E-state index in [1.54, 1.807) is 0 Å². The first-order valence-corrected chi connectivity index (χ1v) is 9.62. The molecule has 0 bridgehead atoms. The zero-order chi connectivity index (χ0) is 15.7. The molecule has 0 N–H and O–H groups in total. The summed E-state index contributed by atoms with van der Waals surface area (Å²) in [5.74, 6) is 4.04. The highest BCUT2D eigenvalue weighted by atomic mass is 16.2. The molecule has 7 atom stereocenters. The summed E-state index contributed by atoms with van der Waals surface area (Å²) in [5, 5.41) is 0. The summed E-state index contributed by atoms with van der Waals surface area (Å²) in [6.07, 6.45) is 10.3. The van der Waals surface area contributed by atoms with Gasteiger partial charge in [0, 0.05) is 19.5 Å².